The Bertz CT molecular complexity index is 1270. The fourth-order valence-corrected chi connectivity index (χ4v) is 6.24. The minimum Gasteiger partial charge on any atom is -0.491 e. The SMILES string of the molecule is O=C(CN1CCCCCOc2ccccc2N(CC(=O)N2CCC(CO)CC2)c2cncc(c2)C1=O)N1CCC(CO)CC1. The number of carbonyl (C=O) groups excluding carboxylic acids is 3. The van der Waals surface area contributed by atoms with Gasteiger partial charge in [-0.1, -0.05) is 12.1 Å². The minimum absolute atomic E-state index is 0.0157. The fourth-order valence-electron chi connectivity index (χ4n) is 6.24. The van der Waals surface area contributed by atoms with E-state index in [1.54, 1.807) is 22.1 Å². The third kappa shape index (κ3) is 7.87. The van der Waals surface area contributed by atoms with Gasteiger partial charge in [0.15, 0.2) is 0 Å². The lowest BCUT2D eigenvalue weighted by Crippen LogP contribution is -2.46. The number of hydrogen-bond acceptors (Lipinski definition) is 8. The molecule has 2 fully saturated rings. The summed E-state index contributed by atoms with van der Waals surface area (Å²) >= 11 is 0. The molecule has 0 saturated carbocycles. The number of carbonyl (C=O) groups is 3. The predicted molar refractivity (Wildman–Crippen MR) is 166 cm³/mol. The molecule has 238 valence electrons. The molecule has 4 heterocycles. The topological polar surface area (TPSA) is 127 Å². The van der Waals surface area contributed by atoms with Gasteiger partial charge in [0.2, 0.25) is 11.8 Å². The van der Waals surface area contributed by atoms with Crippen molar-refractivity contribution in [2.24, 2.45) is 11.8 Å². The van der Waals surface area contributed by atoms with Crippen molar-refractivity contribution in [3.8, 4) is 5.75 Å². The molecule has 0 radical (unpaired) electrons. The predicted octanol–water partition coefficient (Wildman–Crippen LogP) is 2.69. The van der Waals surface area contributed by atoms with Crippen LogP contribution in [0, 0.1) is 11.8 Å². The maximum absolute atomic E-state index is 13.9. The lowest BCUT2D eigenvalue weighted by atomic mass is 9.98. The molecule has 0 atom stereocenters. The van der Waals surface area contributed by atoms with Crippen molar-refractivity contribution < 1.29 is 29.3 Å². The highest BCUT2D eigenvalue weighted by atomic mass is 16.5. The Morgan fingerprint density at radius 3 is 2.11 bits per heavy atom. The van der Waals surface area contributed by atoms with Crippen LogP contribution >= 0.6 is 0 Å². The van der Waals surface area contributed by atoms with Gasteiger partial charge in [-0.15, -0.1) is 0 Å². The summed E-state index contributed by atoms with van der Waals surface area (Å²) in [5, 5.41) is 19.0. The van der Waals surface area contributed by atoms with E-state index in [2.05, 4.69) is 4.98 Å². The molecule has 11 heteroatoms. The molecular formula is C33H45N5O6. The Kier molecular flexibility index (Phi) is 11.1. The highest BCUT2D eigenvalue weighted by Gasteiger charge is 2.29. The highest BCUT2D eigenvalue weighted by molar-refractivity contribution is 5.97. The largest absolute Gasteiger partial charge is 0.491 e. The molecular weight excluding hydrogens is 562 g/mol. The standard InChI is InChI=1S/C33H45N5O6/c39-23-25-8-13-35(14-9-25)31(41)21-37-12-4-1-5-17-44-30-7-3-2-6-29(30)38(28-18-27(33(37)43)19-34-20-28)22-32(42)36-15-10-26(24-40)11-16-36/h2-3,6-7,18-20,25-26,39-40H,1,4-5,8-17,21-24H2. The van der Waals surface area contributed by atoms with E-state index in [4.69, 9.17) is 4.74 Å². The van der Waals surface area contributed by atoms with E-state index in [0.29, 0.717) is 62.0 Å². The summed E-state index contributed by atoms with van der Waals surface area (Å²) in [6.45, 7) is 3.56. The zero-order chi connectivity index (χ0) is 30.9. The molecule has 2 N–H and O–H groups in total. The first-order chi connectivity index (χ1) is 21.5. The number of anilines is 2. The fraction of sp³-hybridized carbons (Fsp3) is 0.576. The van der Waals surface area contributed by atoms with Gasteiger partial charge in [0, 0.05) is 52.1 Å². The van der Waals surface area contributed by atoms with Gasteiger partial charge in [-0.25, -0.2) is 0 Å². The van der Waals surface area contributed by atoms with Gasteiger partial charge in [-0.05, 0) is 75.0 Å². The third-order valence-corrected chi connectivity index (χ3v) is 9.13. The zero-order valence-corrected chi connectivity index (χ0v) is 25.5. The molecule has 11 nitrogen and oxygen atoms in total. The molecule has 2 bridgehead atoms. The van der Waals surface area contributed by atoms with Crippen molar-refractivity contribution >= 4 is 29.1 Å². The second kappa shape index (κ2) is 15.3. The van der Waals surface area contributed by atoms with Crippen LogP contribution in [0.25, 0.3) is 0 Å². The Hall–Kier alpha value is -3.70. The van der Waals surface area contributed by atoms with E-state index in [-0.39, 0.29) is 55.9 Å². The van der Waals surface area contributed by atoms with Crippen molar-refractivity contribution in [2.45, 2.75) is 44.9 Å². The summed E-state index contributed by atoms with van der Waals surface area (Å²) in [6.07, 6.45) is 8.56. The molecule has 2 saturated heterocycles. The van der Waals surface area contributed by atoms with E-state index in [0.717, 1.165) is 44.9 Å². The Morgan fingerprint density at radius 2 is 1.45 bits per heavy atom. The number of piperidine rings is 2. The summed E-state index contributed by atoms with van der Waals surface area (Å²) in [4.78, 5) is 52.3. The number of rotatable bonds is 6. The number of aliphatic hydroxyl groups excluding tert-OH is 2. The summed E-state index contributed by atoms with van der Waals surface area (Å²) in [7, 11) is 0. The van der Waals surface area contributed by atoms with Crippen LogP contribution < -0.4 is 9.64 Å². The molecule has 0 spiro atoms. The number of ether oxygens (including phenoxy) is 1. The van der Waals surface area contributed by atoms with E-state index in [1.807, 2.05) is 34.1 Å². The number of para-hydroxylation sites is 2. The van der Waals surface area contributed by atoms with E-state index in [9.17, 15) is 24.6 Å². The lowest BCUT2D eigenvalue weighted by Gasteiger charge is -2.34. The van der Waals surface area contributed by atoms with Crippen LogP contribution in [-0.4, -0.2) is 113 Å². The summed E-state index contributed by atoms with van der Waals surface area (Å²) < 4.78 is 6.23. The first-order valence-corrected chi connectivity index (χ1v) is 16.0. The van der Waals surface area contributed by atoms with Gasteiger partial charge >= 0.3 is 0 Å². The Labute approximate surface area is 259 Å². The smallest absolute Gasteiger partial charge is 0.255 e. The molecule has 0 unspecified atom stereocenters. The maximum atomic E-state index is 13.9. The van der Waals surface area contributed by atoms with Crippen molar-refractivity contribution in [1.82, 2.24) is 19.7 Å². The molecule has 1 aromatic heterocycles. The van der Waals surface area contributed by atoms with Crippen LogP contribution in [0.15, 0.2) is 42.7 Å². The molecule has 0 aliphatic carbocycles. The molecule has 3 aliphatic rings. The lowest BCUT2D eigenvalue weighted by molar-refractivity contribution is -0.133. The number of benzene rings is 1. The molecule has 3 aliphatic heterocycles. The molecule has 3 amide bonds. The van der Waals surface area contributed by atoms with Crippen LogP contribution in [-0.2, 0) is 9.59 Å². The van der Waals surface area contributed by atoms with Crippen LogP contribution in [0.1, 0.15) is 55.3 Å². The number of aliphatic hydroxyl groups is 2. The third-order valence-electron chi connectivity index (χ3n) is 9.13. The van der Waals surface area contributed by atoms with Gasteiger partial charge in [-0.3, -0.25) is 19.4 Å². The monoisotopic (exact) mass is 607 g/mol. The quantitative estimate of drug-likeness (QED) is 0.514. The number of amides is 3. The highest BCUT2D eigenvalue weighted by Crippen LogP contribution is 2.34. The van der Waals surface area contributed by atoms with Crippen LogP contribution in [0.4, 0.5) is 11.4 Å². The minimum atomic E-state index is -0.267. The van der Waals surface area contributed by atoms with E-state index >= 15 is 0 Å². The first kappa shape index (κ1) is 31.7. The number of aromatic nitrogens is 1. The maximum Gasteiger partial charge on any atom is 0.255 e. The van der Waals surface area contributed by atoms with Crippen molar-refractivity contribution in [2.75, 3.05) is 70.5 Å². The summed E-state index contributed by atoms with van der Waals surface area (Å²) in [6, 6.07) is 9.35. The van der Waals surface area contributed by atoms with Gasteiger partial charge < -0.3 is 34.5 Å². The van der Waals surface area contributed by atoms with Crippen molar-refractivity contribution in [1.29, 1.82) is 0 Å². The normalized spacial score (nSPS) is 19.3. The number of likely N-dealkylation sites (tertiary alicyclic amines) is 2. The molecule has 2 aromatic rings. The number of fused-ring (bicyclic) bond motifs is 3. The summed E-state index contributed by atoms with van der Waals surface area (Å²) in [5.74, 6) is 0.693. The van der Waals surface area contributed by atoms with E-state index < -0.39 is 0 Å². The second-order valence-corrected chi connectivity index (χ2v) is 12.1. The van der Waals surface area contributed by atoms with Gasteiger partial charge in [0.25, 0.3) is 5.91 Å². The van der Waals surface area contributed by atoms with Gasteiger partial charge in [0.1, 0.15) is 18.8 Å². The van der Waals surface area contributed by atoms with Crippen molar-refractivity contribution in [3.05, 3.63) is 48.3 Å². The van der Waals surface area contributed by atoms with Crippen LogP contribution in [0.2, 0.25) is 0 Å². The van der Waals surface area contributed by atoms with Crippen LogP contribution in [0.5, 0.6) is 5.75 Å². The zero-order valence-electron chi connectivity index (χ0n) is 25.5. The first-order valence-electron chi connectivity index (χ1n) is 16.0. The van der Waals surface area contributed by atoms with Gasteiger partial charge in [0.05, 0.1) is 29.7 Å². The van der Waals surface area contributed by atoms with Gasteiger partial charge in [-0.2, -0.15) is 0 Å². The van der Waals surface area contributed by atoms with Crippen LogP contribution in [0.3, 0.4) is 0 Å². The number of pyridine rings is 1. The average molecular weight is 608 g/mol. The Balaban J connectivity index is 1.40. The number of hydrogen-bond donors (Lipinski definition) is 2. The second-order valence-electron chi connectivity index (χ2n) is 12.1. The molecule has 1 aromatic carbocycles. The van der Waals surface area contributed by atoms with Crippen molar-refractivity contribution in [3.63, 3.8) is 0 Å². The Morgan fingerprint density at radius 1 is 0.818 bits per heavy atom. The van der Waals surface area contributed by atoms with E-state index in [1.165, 1.54) is 6.20 Å². The summed E-state index contributed by atoms with van der Waals surface area (Å²) in [5.41, 5.74) is 1.65. The molecule has 5 rings (SSSR count). The number of nitrogens with zero attached hydrogens (tertiary/aromatic N) is 5. The average Bonchev–Trinajstić information content (AvgIpc) is 3.07. The molecule has 44 heavy (non-hydrogen) atoms.